The molecule has 0 N–H and O–H groups in total. The molecule has 0 aliphatic heterocycles. The van der Waals surface area contributed by atoms with Crippen LogP contribution in [-0.4, -0.2) is 17.1 Å². The van der Waals surface area contributed by atoms with E-state index in [9.17, 15) is 4.39 Å². The predicted molar refractivity (Wildman–Crippen MR) is 61.7 cm³/mol. The minimum atomic E-state index is -0.328. The van der Waals surface area contributed by atoms with Crippen LogP contribution in [-0.2, 0) is 0 Å². The summed E-state index contributed by atoms with van der Waals surface area (Å²) in [6.45, 7) is 0. The van der Waals surface area contributed by atoms with Gasteiger partial charge in [-0.2, -0.15) is 0 Å². The van der Waals surface area contributed by atoms with Gasteiger partial charge in [0.25, 0.3) is 0 Å². The van der Waals surface area contributed by atoms with Crippen LogP contribution in [0, 0.1) is 5.82 Å². The van der Waals surface area contributed by atoms with Gasteiger partial charge >= 0.3 is 0 Å². The lowest BCUT2D eigenvalue weighted by Crippen LogP contribution is -1.92. The van der Waals surface area contributed by atoms with Crippen molar-refractivity contribution in [3.63, 3.8) is 0 Å². The first kappa shape index (κ1) is 11.0. The van der Waals surface area contributed by atoms with Gasteiger partial charge in [-0.05, 0) is 40.2 Å². The normalized spacial score (nSPS) is 10.2. The molecule has 0 aliphatic rings. The number of ether oxygens (including phenoxy) is 1. The molecule has 0 radical (unpaired) electrons. The van der Waals surface area contributed by atoms with E-state index in [-0.39, 0.29) is 5.82 Å². The molecule has 0 aliphatic carbocycles. The van der Waals surface area contributed by atoms with Crippen LogP contribution in [0.5, 0.6) is 5.75 Å². The fourth-order valence-electron chi connectivity index (χ4n) is 1.36. The molecular formula is C11H8BrFN2O. The molecule has 2 aromatic rings. The third kappa shape index (κ3) is 2.19. The van der Waals surface area contributed by atoms with Gasteiger partial charge in [0.15, 0.2) is 0 Å². The summed E-state index contributed by atoms with van der Waals surface area (Å²) in [6, 6.07) is 6.00. The molecular weight excluding hydrogens is 275 g/mol. The van der Waals surface area contributed by atoms with Crippen molar-refractivity contribution >= 4 is 15.9 Å². The lowest BCUT2D eigenvalue weighted by molar-refractivity contribution is 0.415. The molecule has 1 aromatic heterocycles. The van der Waals surface area contributed by atoms with Gasteiger partial charge in [-0.15, -0.1) is 0 Å². The van der Waals surface area contributed by atoms with Crippen molar-refractivity contribution in [2.75, 3.05) is 7.11 Å². The van der Waals surface area contributed by atoms with E-state index in [4.69, 9.17) is 4.74 Å². The molecule has 2 rings (SSSR count). The van der Waals surface area contributed by atoms with Gasteiger partial charge in [-0.1, -0.05) is 0 Å². The Morgan fingerprint density at radius 2 is 2.06 bits per heavy atom. The van der Waals surface area contributed by atoms with Crippen LogP contribution in [0.2, 0.25) is 0 Å². The molecule has 0 spiro atoms. The Morgan fingerprint density at radius 1 is 1.25 bits per heavy atom. The number of benzene rings is 1. The Bertz CT molecular complexity index is 519. The summed E-state index contributed by atoms with van der Waals surface area (Å²) in [5.74, 6) is 0.248. The minimum absolute atomic E-state index is 0.328. The number of hydrogen-bond donors (Lipinski definition) is 0. The van der Waals surface area contributed by atoms with Crippen molar-refractivity contribution in [2.24, 2.45) is 0 Å². The Balaban J connectivity index is 2.58. The SMILES string of the molecule is COc1ccc(F)cc1-c1cc(Br)ncn1. The van der Waals surface area contributed by atoms with E-state index in [0.717, 1.165) is 0 Å². The zero-order valence-electron chi connectivity index (χ0n) is 8.45. The monoisotopic (exact) mass is 282 g/mol. The highest BCUT2D eigenvalue weighted by molar-refractivity contribution is 9.10. The molecule has 0 atom stereocenters. The first-order valence-electron chi connectivity index (χ1n) is 4.52. The van der Waals surface area contributed by atoms with Crippen LogP contribution < -0.4 is 4.74 Å². The number of hydrogen-bond acceptors (Lipinski definition) is 3. The van der Waals surface area contributed by atoms with Crippen molar-refractivity contribution in [1.82, 2.24) is 9.97 Å². The molecule has 0 unspecified atom stereocenters. The lowest BCUT2D eigenvalue weighted by Gasteiger charge is -2.07. The van der Waals surface area contributed by atoms with E-state index >= 15 is 0 Å². The van der Waals surface area contributed by atoms with E-state index in [2.05, 4.69) is 25.9 Å². The standard InChI is InChI=1S/C11H8BrFN2O/c1-16-10-3-2-7(13)4-8(10)9-5-11(12)15-6-14-9/h2-6H,1H3. The average Bonchev–Trinajstić information content (AvgIpc) is 2.29. The highest BCUT2D eigenvalue weighted by Crippen LogP contribution is 2.29. The maximum Gasteiger partial charge on any atom is 0.128 e. The second kappa shape index (κ2) is 4.57. The van der Waals surface area contributed by atoms with E-state index in [0.29, 0.717) is 21.6 Å². The summed E-state index contributed by atoms with van der Waals surface area (Å²) in [4.78, 5) is 7.99. The number of rotatable bonds is 2. The van der Waals surface area contributed by atoms with Gasteiger partial charge in [0.2, 0.25) is 0 Å². The van der Waals surface area contributed by atoms with E-state index in [1.54, 1.807) is 12.1 Å². The largest absolute Gasteiger partial charge is 0.496 e. The highest BCUT2D eigenvalue weighted by atomic mass is 79.9. The highest BCUT2D eigenvalue weighted by Gasteiger charge is 2.08. The third-order valence-electron chi connectivity index (χ3n) is 2.07. The Hall–Kier alpha value is -1.49. The van der Waals surface area contributed by atoms with Crippen molar-refractivity contribution < 1.29 is 9.13 Å². The first-order chi connectivity index (χ1) is 7.70. The van der Waals surface area contributed by atoms with Crippen LogP contribution in [0.3, 0.4) is 0 Å². The molecule has 0 bridgehead atoms. The molecule has 0 fully saturated rings. The fourth-order valence-corrected chi connectivity index (χ4v) is 1.67. The predicted octanol–water partition coefficient (Wildman–Crippen LogP) is 3.05. The molecule has 0 amide bonds. The number of nitrogens with zero attached hydrogens (tertiary/aromatic N) is 2. The van der Waals surface area contributed by atoms with E-state index < -0.39 is 0 Å². The van der Waals surface area contributed by atoms with Crippen molar-refractivity contribution in [2.45, 2.75) is 0 Å². The molecule has 1 heterocycles. The van der Waals surface area contributed by atoms with Gasteiger partial charge < -0.3 is 4.74 Å². The van der Waals surface area contributed by atoms with Crippen LogP contribution in [0.4, 0.5) is 4.39 Å². The zero-order valence-corrected chi connectivity index (χ0v) is 10.0. The average molecular weight is 283 g/mol. The summed E-state index contributed by atoms with van der Waals surface area (Å²) in [5, 5.41) is 0. The van der Waals surface area contributed by atoms with Crippen LogP contribution in [0.1, 0.15) is 0 Å². The first-order valence-corrected chi connectivity index (χ1v) is 5.31. The maximum atomic E-state index is 13.2. The van der Waals surface area contributed by atoms with Crippen molar-refractivity contribution in [3.05, 3.63) is 41.0 Å². The summed E-state index contributed by atoms with van der Waals surface area (Å²) < 4.78 is 19.0. The zero-order chi connectivity index (χ0) is 11.5. The van der Waals surface area contributed by atoms with Crippen molar-refractivity contribution in [3.8, 4) is 17.0 Å². The van der Waals surface area contributed by atoms with Crippen LogP contribution in [0.15, 0.2) is 35.2 Å². The van der Waals surface area contributed by atoms with E-state index in [1.807, 2.05) is 0 Å². The Kier molecular flexibility index (Phi) is 3.14. The molecule has 16 heavy (non-hydrogen) atoms. The lowest BCUT2D eigenvalue weighted by atomic mass is 10.1. The summed E-state index contributed by atoms with van der Waals surface area (Å²) in [6.07, 6.45) is 1.41. The van der Waals surface area contributed by atoms with Crippen LogP contribution >= 0.6 is 15.9 Å². The molecule has 5 heteroatoms. The molecule has 0 saturated heterocycles. The van der Waals surface area contributed by atoms with Crippen LogP contribution in [0.25, 0.3) is 11.3 Å². The topological polar surface area (TPSA) is 35.0 Å². The molecule has 3 nitrogen and oxygen atoms in total. The minimum Gasteiger partial charge on any atom is -0.496 e. The Labute approximate surface area is 100 Å². The van der Waals surface area contributed by atoms with Gasteiger partial charge in [-0.25, -0.2) is 14.4 Å². The maximum absolute atomic E-state index is 13.2. The molecule has 1 aromatic carbocycles. The smallest absolute Gasteiger partial charge is 0.128 e. The third-order valence-corrected chi connectivity index (χ3v) is 2.50. The second-order valence-corrected chi connectivity index (χ2v) is 3.88. The van der Waals surface area contributed by atoms with Gasteiger partial charge in [0.1, 0.15) is 22.5 Å². The van der Waals surface area contributed by atoms with Gasteiger partial charge in [0.05, 0.1) is 12.8 Å². The Morgan fingerprint density at radius 3 is 2.75 bits per heavy atom. The molecule has 0 saturated carbocycles. The van der Waals surface area contributed by atoms with Crippen molar-refractivity contribution in [1.29, 1.82) is 0 Å². The quantitative estimate of drug-likeness (QED) is 0.794. The number of aromatic nitrogens is 2. The summed E-state index contributed by atoms with van der Waals surface area (Å²) in [5.41, 5.74) is 1.21. The number of methoxy groups -OCH3 is 1. The van der Waals surface area contributed by atoms with Gasteiger partial charge in [0, 0.05) is 5.56 Å². The fraction of sp³-hybridized carbons (Fsp3) is 0.0909. The second-order valence-electron chi connectivity index (χ2n) is 3.07. The van der Waals surface area contributed by atoms with Gasteiger partial charge in [-0.3, -0.25) is 0 Å². The molecule has 82 valence electrons. The summed E-state index contributed by atoms with van der Waals surface area (Å²) >= 11 is 3.24. The van der Waals surface area contributed by atoms with E-state index in [1.165, 1.54) is 25.6 Å². The summed E-state index contributed by atoms with van der Waals surface area (Å²) in [7, 11) is 1.53. The number of halogens is 2.